The summed E-state index contributed by atoms with van der Waals surface area (Å²) in [6.07, 6.45) is -4.87. The van der Waals surface area contributed by atoms with Gasteiger partial charge >= 0.3 is 6.36 Å². The topological polar surface area (TPSA) is 48.0 Å². The average Bonchev–Trinajstić information content (AvgIpc) is 2.35. The van der Waals surface area contributed by atoms with Gasteiger partial charge in [0.2, 0.25) is 0 Å². The zero-order chi connectivity index (χ0) is 14.6. The van der Waals surface area contributed by atoms with Crippen LogP contribution < -0.4 is 9.47 Å². The number of hydrogen-bond acceptors (Lipinski definition) is 4. The van der Waals surface area contributed by atoms with E-state index in [-0.39, 0.29) is 11.3 Å². The van der Waals surface area contributed by atoms with Crippen LogP contribution in [0.1, 0.15) is 10.4 Å². The molecule has 0 N–H and O–H groups in total. The average molecular weight is 279 g/mol. The Labute approximate surface area is 107 Å². The van der Waals surface area contributed by atoms with Gasteiger partial charge in [-0.3, -0.25) is 9.63 Å². The molecular formula is C11H12F3NO4. The Kier molecular flexibility index (Phi) is 4.60. The molecule has 0 spiro atoms. The van der Waals surface area contributed by atoms with Crippen molar-refractivity contribution in [1.29, 1.82) is 0 Å². The summed E-state index contributed by atoms with van der Waals surface area (Å²) in [5.74, 6) is -1.34. The second kappa shape index (κ2) is 5.79. The first-order valence-corrected chi connectivity index (χ1v) is 5.04. The molecule has 0 saturated carbocycles. The molecule has 0 unspecified atom stereocenters. The van der Waals surface area contributed by atoms with Crippen molar-refractivity contribution >= 4 is 5.91 Å². The molecule has 1 rings (SSSR count). The fourth-order valence-corrected chi connectivity index (χ4v) is 1.28. The van der Waals surface area contributed by atoms with Crippen molar-refractivity contribution in [2.45, 2.75) is 6.36 Å². The van der Waals surface area contributed by atoms with E-state index in [9.17, 15) is 18.0 Å². The summed E-state index contributed by atoms with van der Waals surface area (Å²) in [7, 11) is 3.78. The maximum Gasteiger partial charge on any atom is 0.573 e. The highest BCUT2D eigenvalue weighted by molar-refractivity contribution is 5.94. The minimum absolute atomic E-state index is 0.0237. The van der Waals surface area contributed by atoms with Crippen LogP contribution in [0.25, 0.3) is 0 Å². The van der Waals surface area contributed by atoms with E-state index in [0.717, 1.165) is 11.1 Å². The van der Waals surface area contributed by atoms with Crippen LogP contribution in [0.5, 0.6) is 11.5 Å². The van der Waals surface area contributed by atoms with Gasteiger partial charge in [-0.05, 0) is 18.2 Å². The second-order valence-corrected chi connectivity index (χ2v) is 3.40. The first-order chi connectivity index (χ1) is 8.78. The first kappa shape index (κ1) is 15.1. The molecule has 1 aromatic rings. The Hall–Kier alpha value is -1.96. The van der Waals surface area contributed by atoms with Gasteiger partial charge < -0.3 is 9.47 Å². The number of ether oxygens (including phenoxy) is 2. The van der Waals surface area contributed by atoms with Gasteiger partial charge in [0.1, 0.15) is 0 Å². The van der Waals surface area contributed by atoms with Gasteiger partial charge in [0, 0.05) is 12.6 Å². The van der Waals surface area contributed by atoms with Crippen LogP contribution in [-0.4, -0.2) is 38.6 Å². The van der Waals surface area contributed by atoms with Crippen molar-refractivity contribution in [1.82, 2.24) is 5.06 Å². The maximum atomic E-state index is 12.2. The summed E-state index contributed by atoms with van der Waals surface area (Å²) in [6, 6.07) is 3.45. The predicted octanol–water partition coefficient (Wildman–Crippen LogP) is 2.23. The van der Waals surface area contributed by atoms with Crippen LogP contribution in [0.3, 0.4) is 0 Å². The largest absolute Gasteiger partial charge is 0.573 e. The summed E-state index contributed by atoms with van der Waals surface area (Å²) in [5.41, 5.74) is -0.0237. The zero-order valence-corrected chi connectivity index (χ0v) is 10.4. The van der Waals surface area contributed by atoms with Crippen molar-refractivity contribution in [3.63, 3.8) is 0 Å². The molecule has 0 aliphatic heterocycles. The Balaban J connectivity index is 3.11. The highest BCUT2D eigenvalue weighted by Crippen LogP contribution is 2.33. The van der Waals surface area contributed by atoms with Crippen molar-refractivity contribution in [2.75, 3.05) is 21.3 Å². The fourth-order valence-electron chi connectivity index (χ4n) is 1.28. The van der Waals surface area contributed by atoms with Crippen LogP contribution >= 0.6 is 0 Å². The first-order valence-electron chi connectivity index (χ1n) is 5.04. The molecule has 8 heteroatoms. The molecule has 0 aromatic heterocycles. The Morgan fingerprint density at radius 1 is 1.21 bits per heavy atom. The van der Waals surface area contributed by atoms with Gasteiger partial charge in [-0.15, -0.1) is 13.2 Å². The van der Waals surface area contributed by atoms with E-state index in [2.05, 4.69) is 9.57 Å². The Bertz CT molecular complexity index is 462. The lowest BCUT2D eigenvalue weighted by atomic mass is 10.2. The third-order valence-corrected chi connectivity index (χ3v) is 2.20. The van der Waals surface area contributed by atoms with Gasteiger partial charge in [-0.25, -0.2) is 5.06 Å². The SMILES string of the molecule is COc1ccc(C(=O)N(C)OC)cc1OC(F)(F)F. The van der Waals surface area contributed by atoms with Crippen LogP contribution in [0.2, 0.25) is 0 Å². The summed E-state index contributed by atoms with van der Waals surface area (Å²) < 4.78 is 45.2. The number of nitrogens with zero attached hydrogens (tertiary/aromatic N) is 1. The molecule has 0 fully saturated rings. The number of halogens is 3. The number of amides is 1. The van der Waals surface area contributed by atoms with Crippen molar-refractivity contribution in [3.05, 3.63) is 23.8 Å². The molecule has 0 aliphatic rings. The lowest BCUT2D eigenvalue weighted by Crippen LogP contribution is -2.25. The summed E-state index contributed by atoms with van der Waals surface area (Å²) in [4.78, 5) is 16.4. The van der Waals surface area contributed by atoms with Gasteiger partial charge in [0.15, 0.2) is 11.5 Å². The normalized spacial score (nSPS) is 11.1. The molecule has 106 valence electrons. The lowest BCUT2D eigenvalue weighted by molar-refractivity contribution is -0.275. The van der Waals surface area contributed by atoms with Gasteiger partial charge in [0.25, 0.3) is 5.91 Å². The van der Waals surface area contributed by atoms with Gasteiger partial charge in [-0.2, -0.15) is 0 Å². The molecule has 1 amide bonds. The predicted molar refractivity (Wildman–Crippen MR) is 58.8 cm³/mol. The third-order valence-electron chi connectivity index (χ3n) is 2.20. The number of hydrogen-bond donors (Lipinski definition) is 0. The number of methoxy groups -OCH3 is 1. The molecule has 0 bridgehead atoms. The molecule has 0 aliphatic carbocycles. The maximum absolute atomic E-state index is 12.2. The molecule has 19 heavy (non-hydrogen) atoms. The van der Waals surface area contributed by atoms with Crippen molar-refractivity contribution in [2.24, 2.45) is 0 Å². The van der Waals surface area contributed by atoms with Crippen molar-refractivity contribution < 1.29 is 32.3 Å². The highest BCUT2D eigenvalue weighted by atomic mass is 19.4. The monoisotopic (exact) mass is 279 g/mol. The third kappa shape index (κ3) is 4.02. The van der Waals surface area contributed by atoms with E-state index in [0.29, 0.717) is 0 Å². The lowest BCUT2D eigenvalue weighted by Gasteiger charge is -2.16. The molecular weight excluding hydrogens is 267 g/mol. The molecule has 5 nitrogen and oxygen atoms in total. The van der Waals surface area contributed by atoms with Gasteiger partial charge in [0.05, 0.1) is 14.2 Å². The van der Waals surface area contributed by atoms with E-state index in [4.69, 9.17) is 4.74 Å². The minimum Gasteiger partial charge on any atom is -0.493 e. The van der Waals surface area contributed by atoms with Crippen LogP contribution in [0, 0.1) is 0 Å². The van der Waals surface area contributed by atoms with Crippen LogP contribution in [0.4, 0.5) is 13.2 Å². The Morgan fingerprint density at radius 2 is 1.84 bits per heavy atom. The fraction of sp³-hybridized carbons (Fsp3) is 0.364. The van der Waals surface area contributed by atoms with E-state index in [1.165, 1.54) is 33.4 Å². The standard InChI is InChI=1S/C11H12F3NO4/c1-15(18-3)10(16)7-4-5-8(17-2)9(6-7)19-11(12,13)14/h4-6H,1-3H3. The van der Waals surface area contributed by atoms with Gasteiger partial charge in [-0.1, -0.05) is 0 Å². The number of hydroxylamine groups is 2. The number of carbonyl (C=O) groups is 1. The van der Waals surface area contributed by atoms with Crippen LogP contribution in [-0.2, 0) is 4.84 Å². The number of alkyl halides is 3. The number of rotatable bonds is 4. The van der Waals surface area contributed by atoms with E-state index in [1.807, 2.05) is 0 Å². The number of benzene rings is 1. The summed E-state index contributed by atoms with van der Waals surface area (Å²) in [5, 5.41) is 0.874. The second-order valence-electron chi connectivity index (χ2n) is 3.40. The van der Waals surface area contributed by atoms with E-state index >= 15 is 0 Å². The van der Waals surface area contributed by atoms with E-state index in [1.54, 1.807) is 0 Å². The molecule has 0 heterocycles. The molecule has 1 aromatic carbocycles. The summed E-state index contributed by atoms with van der Waals surface area (Å²) >= 11 is 0. The zero-order valence-electron chi connectivity index (χ0n) is 10.4. The minimum atomic E-state index is -4.87. The molecule has 0 saturated heterocycles. The molecule has 0 atom stereocenters. The number of carbonyl (C=O) groups excluding carboxylic acids is 1. The van der Waals surface area contributed by atoms with Crippen LogP contribution in [0.15, 0.2) is 18.2 Å². The smallest absolute Gasteiger partial charge is 0.493 e. The molecule has 0 radical (unpaired) electrons. The highest BCUT2D eigenvalue weighted by Gasteiger charge is 2.33. The quantitative estimate of drug-likeness (QED) is 0.793. The summed E-state index contributed by atoms with van der Waals surface area (Å²) in [6.45, 7) is 0. The Morgan fingerprint density at radius 3 is 2.32 bits per heavy atom. The van der Waals surface area contributed by atoms with Crippen molar-refractivity contribution in [3.8, 4) is 11.5 Å². The van der Waals surface area contributed by atoms with E-state index < -0.39 is 18.0 Å².